The number of phenolic OH excluding ortho intramolecular Hbond substituents is 1. The molecule has 0 saturated carbocycles. The zero-order valence-corrected chi connectivity index (χ0v) is 9.09. The number of hydrogen-bond donors (Lipinski definition) is 2. The van der Waals surface area contributed by atoms with Gasteiger partial charge in [-0.1, -0.05) is 36.4 Å². The van der Waals surface area contributed by atoms with Gasteiger partial charge >= 0.3 is 0 Å². The predicted octanol–water partition coefficient (Wildman–Crippen LogP) is 2.78. The summed E-state index contributed by atoms with van der Waals surface area (Å²) in [6.45, 7) is 1.89. The molecule has 2 rings (SSSR count). The van der Waals surface area contributed by atoms with Crippen molar-refractivity contribution in [3.05, 3.63) is 65.2 Å². The number of rotatable bonds is 2. The number of hydrogen-bond acceptors (Lipinski definition) is 2. The van der Waals surface area contributed by atoms with Gasteiger partial charge < -0.3 is 10.2 Å². The van der Waals surface area contributed by atoms with Crippen LogP contribution in [0.1, 0.15) is 22.8 Å². The molecular formula is C14H14O2. The molecule has 1 atom stereocenters. The van der Waals surface area contributed by atoms with Crippen molar-refractivity contribution in [1.29, 1.82) is 0 Å². The first kappa shape index (κ1) is 10.7. The first-order chi connectivity index (χ1) is 7.66. The van der Waals surface area contributed by atoms with Crippen molar-refractivity contribution in [2.24, 2.45) is 0 Å². The summed E-state index contributed by atoms with van der Waals surface area (Å²) in [6.07, 6.45) is -0.688. The Balaban J connectivity index is 2.37. The van der Waals surface area contributed by atoms with Crippen LogP contribution in [0.4, 0.5) is 0 Å². The fourth-order valence-corrected chi connectivity index (χ4v) is 1.78. The zero-order chi connectivity index (χ0) is 11.5. The quantitative estimate of drug-likeness (QED) is 0.807. The highest BCUT2D eigenvalue weighted by Crippen LogP contribution is 2.25. The van der Waals surface area contributed by atoms with Gasteiger partial charge in [-0.2, -0.15) is 0 Å². The molecule has 0 aliphatic carbocycles. The summed E-state index contributed by atoms with van der Waals surface area (Å²) in [5.41, 5.74) is 2.47. The van der Waals surface area contributed by atoms with Crippen molar-refractivity contribution >= 4 is 0 Å². The van der Waals surface area contributed by atoms with Crippen molar-refractivity contribution in [2.75, 3.05) is 0 Å². The second-order valence-electron chi connectivity index (χ2n) is 3.92. The number of aryl methyl sites for hydroxylation is 1. The molecule has 1 unspecified atom stereocenters. The number of aliphatic hydroxyl groups excluding tert-OH is 1. The van der Waals surface area contributed by atoms with E-state index in [1.54, 1.807) is 12.1 Å². The lowest BCUT2D eigenvalue weighted by atomic mass is 10.00. The summed E-state index contributed by atoms with van der Waals surface area (Å²) in [5.74, 6) is 0.185. The van der Waals surface area contributed by atoms with E-state index in [0.717, 1.165) is 11.1 Å². The molecule has 0 bridgehead atoms. The predicted molar refractivity (Wildman–Crippen MR) is 63.3 cm³/mol. The molecule has 0 amide bonds. The van der Waals surface area contributed by atoms with Gasteiger partial charge in [0.1, 0.15) is 11.9 Å². The van der Waals surface area contributed by atoms with Crippen LogP contribution in [-0.4, -0.2) is 10.2 Å². The fraction of sp³-hybridized carbons (Fsp3) is 0.143. The third-order valence-electron chi connectivity index (χ3n) is 2.52. The third kappa shape index (κ3) is 2.23. The second-order valence-corrected chi connectivity index (χ2v) is 3.92. The van der Waals surface area contributed by atoms with Crippen molar-refractivity contribution < 1.29 is 10.2 Å². The Bertz CT molecular complexity index is 457. The number of aliphatic hydroxyl groups is 1. The minimum absolute atomic E-state index is 0.185. The molecule has 0 aromatic heterocycles. The lowest BCUT2D eigenvalue weighted by molar-refractivity contribution is 0.220. The van der Waals surface area contributed by atoms with Gasteiger partial charge in [0, 0.05) is 0 Å². The lowest BCUT2D eigenvalue weighted by Crippen LogP contribution is -1.99. The maximum atomic E-state index is 10.1. The van der Waals surface area contributed by atoms with Crippen molar-refractivity contribution in [1.82, 2.24) is 0 Å². The van der Waals surface area contributed by atoms with Crippen LogP contribution in [0.2, 0.25) is 0 Å². The average Bonchev–Trinajstić information content (AvgIpc) is 2.28. The topological polar surface area (TPSA) is 40.5 Å². The number of phenols is 1. The molecule has 0 heterocycles. The average molecular weight is 214 g/mol. The standard InChI is InChI=1S/C14H14O2/c1-10-7-12(9-13(15)8-10)14(16)11-5-3-2-4-6-11/h2-9,14-16H,1H3. The molecule has 2 aromatic carbocycles. The highest BCUT2D eigenvalue weighted by Gasteiger charge is 2.10. The molecule has 2 N–H and O–H groups in total. The van der Waals surface area contributed by atoms with Crippen LogP contribution in [0.5, 0.6) is 5.75 Å². The summed E-state index contributed by atoms with van der Waals surface area (Å²) >= 11 is 0. The monoisotopic (exact) mass is 214 g/mol. The molecule has 2 nitrogen and oxygen atoms in total. The zero-order valence-electron chi connectivity index (χ0n) is 9.09. The normalized spacial score (nSPS) is 12.4. The Labute approximate surface area is 94.8 Å². The van der Waals surface area contributed by atoms with E-state index in [4.69, 9.17) is 0 Å². The maximum absolute atomic E-state index is 10.1. The van der Waals surface area contributed by atoms with Crippen LogP contribution in [-0.2, 0) is 0 Å². The first-order valence-corrected chi connectivity index (χ1v) is 5.20. The van der Waals surface area contributed by atoms with E-state index < -0.39 is 6.10 Å². The van der Waals surface area contributed by atoms with Crippen molar-refractivity contribution in [2.45, 2.75) is 13.0 Å². The van der Waals surface area contributed by atoms with Gasteiger partial charge in [0.25, 0.3) is 0 Å². The Morgan fingerprint density at radius 1 is 0.938 bits per heavy atom. The van der Waals surface area contributed by atoms with E-state index in [1.165, 1.54) is 0 Å². The van der Waals surface area contributed by atoms with Gasteiger partial charge in [-0.15, -0.1) is 0 Å². The minimum atomic E-state index is -0.688. The van der Waals surface area contributed by atoms with E-state index in [0.29, 0.717) is 5.56 Å². The highest BCUT2D eigenvalue weighted by atomic mass is 16.3. The minimum Gasteiger partial charge on any atom is -0.508 e. The Morgan fingerprint density at radius 2 is 1.62 bits per heavy atom. The van der Waals surface area contributed by atoms with Gasteiger partial charge in [-0.25, -0.2) is 0 Å². The summed E-state index contributed by atoms with van der Waals surface area (Å²) in [4.78, 5) is 0. The molecule has 0 radical (unpaired) electrons. The summed E-state index contributed by atoms with van der Waals surface area (Å²) in [5, 5.41) is 19.6. The first-order valence-electron chi connectivity index (χ1n) is 5.20. The molecule has 0 saturated heterocycles. The molecule has 0 fully saturated rings. The van der Waals surface area contributed by atoms with E-state index in [1.807, 2.05) is 43.3 Å². The van der Waals surface area contributed by atoms with Gasteiger partial charge in [0.15, 0.2) is 0 Å². The van der Waals surface area contributed by atoms with E-state index in [9.17, 15) is 10.2 Å². The largest absolute Gasteiger partial charge is 0.508 e. The van der Waals surface area contributed by atoms with Crippen LogP contribution >= 0.6 is 0 Å². The summed E-state index contributed by atoms with van der Waals surface area (Å²) < 4.78 is 0. The lowest BCUT2D eigenvalue weighted by Gasteiger charge is -2.12. The summed E-state index contributed by atoms with van der Waals surface area (Å²) in [7, 11) is 0. The van der Waals surface area contributed by atoms with Gasteiger partial charge in [0.05, 0.1) is 0 Å². The van der Waals surface area contributed by atoms with E-state index in [2.05, 4.69) is 0 Å². The smallest absolute Gasteiger partial charge is 0.116 e. The maximum Gasteiger partial charge on any atom is 0.116 e. The van der Waals surface area contributed by atoms with Gasteiger partial charge in [-0.3, -0.25) is 0 Å². The van der Waals surface area contributed by atoms with Crippen LogP contribution in [0.15, 0.2) is 48.5 Å². The highest BCUT2D eigenvalue weighted by molar-refractivity contribution is 5.37. The molecule has 0 aliphatic heterocycles. The van der Waals surface area contributed by atoms with E-state index in [-0.39, 0.29) is 5.75 Å². The van der Waals surface area contributed by atoms with Crippen molar-refractivity contribution in [3.63, 3.8) is 0 Å². The molecule has 0 spiro atoms. The second kappa shape index (κ2) is 4.37. The van der Waals surface area contributed by atoms with Crippen molar-refractivity contribution in [3.8, 4) is 5.75 Å². The Hall–Kier alpha value is -1.80. The van der Waals surface area contributed by atoms with Gasteiger partial charge in [-0.05, 0) is 35.7 Å². The molecular weight excluding hydrogens is 200 g/mol. The van der Waals surface area contributed by atoms with E-state index >= 15 is 0 Å². The Morgan fingerprint density at radius 3 is 2.25 bits per heavy atom. The Kier molecular flexibility index (Phi) is 2.93. The SMILES string of the molecule is Cc1cc(O)cc(C(O)c2ccccc2)c1. The van der Waals surface area contributed by atoms with Crippen LogP contribution < -0.4 is 0 Å². The van der Waals surface area contributed by atoms with Crippen LogP contribution in [0.25, 0.3) is 0 Å². The molecule has 82 valence electrons. The number of benzene rings is 2. The van der Waals surface area contributed by atoms with Crippen LogP contribution in [0, 0.1) is 6.92 Å². The summed E-state index contributed by atoms with van der Waals surface area (Å²) in [6, 6.07) is 14.5. The molecule has 16 heavy (non-hydrogen) atoms. The molecule has 0 aliphatic rings. The number of aromatic hydroxyl groups is 1. The van der Waals surface area contributed by atoms with Gasteiger partial charge in [0.2, 0.25) is 0 Å². The van der Waals surface area contributed by atoms with Crippen LogP contribution in [0.3, 0.4) is 0 Å². The third-order valence-corrected chi connectivity index (χ3v) is 2.52. The molecule has 2 heteroatoms. The fourth-order valence-electron chi connectivity index (χ4n) is 1.78. The molecule has 2 aromatic rings.